The fourth-order valence-corrected chi connectivity index (χ4v) is 2.23. The number of hydrogen-bond acceptors (Lipinski definition) is 3. The van der Waals surface area contributed by atoms with Gasteiger partial charge in [-0.05, 0) is 12.1 Å². The second-order valence-electron chi connectivity index (χ2n) is 5.49. The second kappa shape index (κ2) is 6.75. The van der Waals surface area contributed by atoms with Crippen LogP contribution in [0.2, 0.25) is 25.7 Å². The van der Waals surface area contributed by atoms with Gasteiger partial charge in [-0.25, -0.2) is 0 Å². The van der Waals surface area contributed by atoms with Gasteiger partial charge >= 0.3 is 0 Å². The zero-order valence-corrected chi connectivity index (χ0v) is 12.4. The highest BCUT2D eigenvalue weighted by Gasteiger charge is 2.11. The molecule has 0 unspecified atom stereocenters. The van der Waals surface area contributed by atoms with Crippen LogP contribution in [0.25, 0.3) is 0 Å². The largest absolute Gasteiger partial charge is 0.362 e. The highest BCUT2D eigenvalue weighted by molar-refractivity contribution is 6.76. The van der Waals surface area contributed by atoms with Crippen LogP contribution in [0.15, 0.2) is 18.2 Å². The number of anilines is 1. The highest BCUT2D eigenvalue weighted by Crippen LogP contribution is 2.11. The first-order valence-corrected chi connectivity index (χ1v) is 9.85. The molecule has 1 rings (SSSR count). The Kier molecular flexibility index (Phi) is 5.63. The molecule has 2 N–H and O–H groups in total. The van der Waals surface area contributed by atoms with Crippen LogP contribution in [-0.2, 0) is 4.74 Å². The average molecular weight is 260 g/mol. The Morgan fingerprint density at radius 3 is 2.72 bits per heavy atom. The van der Waals surface area contributed by atoms with Crippen LogP contribution in [0.4, 0.5) is 5.69 Å². The first-order valence-electron chi connectivity index (χ1n) is 6.14. The van der Waals surface area contributed by atoms with Crippen molar-refractivity contribution in [3.05, 3.63) is 23.8 Å². The van der Waals surface area contributed by atoms with Crippen LogP contribution >= 0.6 is 0 Å². The van der Waals surface area contributed by atoms with E-state index in [-0.39, 0.29) is 0 Å². The van der Waals surface area contributed by atoms with Crippen molar-refractivity contribution in [2.75, 3.05) is 18.7 Å². The Bertz CT molecular complexity index is 404. The molecule has 0 aliphatic heterocycles. The van der Waals surface area contributed by atoms with Crippen molar-refractivity contribution in [3.63, 3.8) is 0 Å². The van der Waals surface area contributed by atoms with Gasteiger partial charge in [-0.15, -0.1) is 0 Å². The minimum atomic E-state index is -1.02. The molecule has 0 aromatic heterocycles. The van der Waals surface area contributed by atoms with Crippen LogP contribution in [-0.4, -0.2) is 35.5 Å². The van der Waals surface area contributed by atoms with Crippen LogP contribution in [0.1, 0.15) is 5.56 Å². The predicted molar refractivity (Wildman–Crippen MR) is 82.3 cm³/mol. The number of hydrogen-bond donors (Lipinski definition) is 2. The van der Waals surface area contributed by atoms with Crippen molar-refractivity contribution in [1.29, 1.82) is 5.41 Å². The summed E-state index contributed by atoms with van der Waals surface area (Å²) in [4.78, 5) is 0. The number of nitrogens with one attached hydrogen (secondary N) is 2. The van der Waals surface area contributed by atoms with E-state index in [4.69, 9.17) is 18.0 Å². The molecule has 2 radical (unpaired) electrons. The molecule has 1 aromatic rings. The topological polar surface area (TPSA) is 45.1 Å². The van der Waals surface area contributed by atoms with Crippen LogP contribution in [0.3, 0.4) is 0 Å². The molecule has 0 spiro atoms. The molecule has 0 heterocycles. The normalized spacial score (nSPS) is 11.3. The summed E-state index contributed by atoms with van der Waals surface area (Å²) in [5.74, 6) is 0. The minimum Gasteiger partial charge on any atom is -0.362 e. The fourth-order valence-electron chi connectivity index (χ4n) is 1.48. The smallest absolute Gasteiger partial charge is 0.116 e. The quantitative estimate of drug-likeness (QED) is 0.341. The second-order valence-corrected chi connectivity index (χ2v) is 11.1. The summed E-state index contributed by atoms with van der Waals surface area (Å²) in [5, 5.41) is 10.5. The summed E-state index contributed by atoms with van der Waals surface area (Å²) in [7, 11) is 4.77. The van der Waals surface area contributed by atoms with Gasteiger partial charge in [0.05, 0.1) is 0 Å². The summed E-state index contributed by atoms with van der Waals surface area (Å²) in [6.07, 6.45) is 1.26. The van der Waals surface area contributed by atoms with Crippen LogP contribution in [0, 0.1) is 5.41 Å². The van der Waals surface area contributed by atoms with E-state index in [1.165, 1.54) is 6.21 Å². The molecule has 0 saturated carbocycles. The standard InChI is InChI=1S/C13H21BN2OSi/c1-18(2,3)8-7-17-10-16-13-6-4-5-12(14)11(13)9-15/h4-6,9,15-16H,7-8,10H2,1-3H3. The maximum absolute atomic E-state index is 7.34. The maximum Gasteiger partial charge on any atom is 0.116 e. The number of ether oxygens (including phenoxy) is 1. The monoisotopic (exact) mass is 260 g/mol. The lowest BCUT2D eigenvalue weighted by Gasteiger charge is -2.16. The van der Waals surface area contributed by atoms with E-state index in [1.807, 2.05) is 12.1 Å². The molecule has 0 atom stereocenters. The molecule has 5 heteroatoms. The molecule has 0 saturated heterocycles. The van der Waals surface area contributed by atoms with E-state index in [0.29, 0.717) is 17.8 Å². The molecule has 0 aliphatic rings. The van der Waals surface area contributed by atoms with Crippen LogP contribution in [0.5, 0.6) is 0 Å². The molecule has 0 amide bonds. The Balaban J connectivity index is 2.40. The van der Waals surface area contributed by atoms with Crippen molar-refractivity contribution >= 4 is 33.3 Å². The Labute approximate surface area is 112 Å². The summed E-state index contributed by atoms with van der Waals surface area (Å²) >= 11 is 0. The molecule has 0 bridgehead atoms. The zero-order valence-electron chi connectivity index (χ0n) is 11.4. The predicted octanol–water partition coefficient (Wildman–Crippen LogP) is 2.20. The molecule has 18 heavy (non-hydrogen) atoms. The van der Waals surface area contributed by atoms with E-state index in [2.05, 4.69) is 25.0 Å². The Morgan fingerprint density at radius 2 is 2.11 bits per heavy atom. The van der Waals surface area contributed by atoms with Crippen LogP contribution < -0.4 is 10.8 Å². The third-order valence-electron chi connectivity index (χ3n) is 2.65. The van der Waals surface area contributed by atoms with Gasteiger partial charge in [-0.3, -0.25) is 0 Å². The summed E-state index contributed by atoms with van der Waals surface area (Å²) < 4.78 is 5.56. The lowest BCUT2D eigenvalue weighted by atomic mass is 9.90. The third kappa shape index (κ3) is 5.06. The van der Waals surface area contributed by atoms with E-state index in [9.17, 15) is 0 Å². The van der Waals surface area contributed by atoms with Gasteiger partial charge < -0.3 is 15.5 Å². The van der Waals surface area contributed by atoms with Gasteiger partial charge in [0.2, 0.25) is 0 Å². The average Bonchev–Trinajstić information content (AvgIpc) is 2.27. The van der Waals surface area contributed by atoms with Gasteiger partial charge in [0.15, 0.2) is 0 Å². The molecule has 96 valence electrons. The SMILES string of the molecule is [B]c1cccc(NCOCC[Si](C)(C)C)c1C=N. The van der Waals surface area contributed by atoms with Gasteiger partial charge in [-0.1, -0.05) is 37.2 Å². The first kappa shape index (κ1) is 15.0. The molecule has 0 fully saturated rings. The van der Waals surface area contributed by atoms with Crippen molar-refractivity contribution in [2.45, 2.75) is 25.7 Å². The lowest BCUT2D eigenvalue weighted by molar-refractivity contribution is 0.166. The van der Waals surface area contributed by atoms with Crippen molar-refractivity contribution in [3.8, 4) is 0 Å². The molecular weight excluding hydrogens is 239 g/mol. The molecular formula is C13H21BN2OSi. The first-order chi connectivity index (χ1) is 8.44. The summed E-state index contributed by atoms with van der Waals surface area (Å²) in [5.41, 5.74) is 2.17. The molecule has 1 aromatic carbocycles. The lowest BCUT2D eigenvalue weighted by Crippen LogP contribution is -2.22. The van der Waals surface area contributed by atoms with Gasteiger partial charge in [0.1, 0.15) is 14.6 Å². The molecule has 3 nitrogen and oxygen atoms in total. The molecule has 0 aliphatic carbocycles. The fraction of sp³-hybridized carbons (Fsp3) is 0.462. The minimum absolute atomic E-state index is 0.453. The van der Waals surface area contributed by atoms with Gasteiger partial charge in [-0.2, -0.15) is 0 Å². The number of benzene rings is 1. The third-order valence-corrected chi connectivity index (χ3v) is 4.35. The van der Waals surface area contributed by atoms with E-state index in [1.54, 1.807) is 6.07 Å². The highest BCUT2D eigenvalue weighted by atomic mass is 28.3. The van der Waals surface area contributed by atoms with Crippen molar-refractivity contribution in [1.82, 2.24) is 0 Å². The van der Waals surface area contributed by atoms with E-state index < -0.39 is 8.07 Å². The van der Waals surface area contributed by atoms with Crippen molar-refractivity contribution in [2.24, 2.45) is 0 Å². The Morgan fingerprint density at radius 1 is 1.39 bits per heavy atom. The summed E-state index contributed by atoms with van der Waals surface area (Å²) in [6, 6.07) is 6.71. The maximum atomic E-state index is 7.34. The van der Waals surface area contributed by atoms with Gasteiger partial charge in [0.25, 0.3) is 0 Å². The van der Waals surface area contributed by atoms with E-state index >= 15 is 0 Å². The number of rotatable bonds is 7. The Hall–Kier alpha value is -1.07. The zero-order chi connectivity index (χ0) is 13.6. The van der Waals surface area contributed by atoms with E-state index in [0.717, 1.165) is 18.3 Å². The van der Waals surface area contributed by atoms with Gasteiger partial charge in [0, 0.05) is 32.1 Å². The summed E-state index contributed by atoms with van der Waals surface area (Å²) in [6.45, 7) is 8.22. The van der Waals surface area contributed by atoms with Crippen molar-refractivity contribution < 1.29 is 4.74 Å².